The molecule has 0 saturated heterocycles. The highest BCUT2D eigenvalue weighted by atomic mass is 16.7. The summed E-state index contributed by atoms with van der Waals surface area (Å²) in [5.74, 6) is 2.58. The molecule has 0 amide bonds. The van der Waals surface area contributed by atoms with Crippen LogP contribution in [0, 0.1) is 18.8 Å². The molecule has 0 fully saturated rings. The molecule has 0 bridgehead atoms. The first kappa shape index (κ1) is 14.2. The van der Waals surface area contributed by atoms with Crippen LogP contribution in [0.1, 0.15) is 31.0 Å². The van der Waals surface area contributed by atoms with Gasteiger partial charge in [0.15, 0.2) is 11.5 Å². The Labute approximate surface area is 115 Å². The van der Waals surface area contributed by atoms with E-state index in [9.17, 15) is 0 Å². The van der Waals surface area contributed by atoms with E-state index in [1.807, 2.05) is 7.05 Å². The van der Waals surface area contributed by atoms with E-state index in [1.54, 1.807) is 0 Å². The first-order valence-electron chi connectivity index (χ1n) is 6.86. The maximum absolute atomic E-state index is 5.95. The van der Waals surface area contributed by atoms with Gasteiger partial charge < -0.3 is 20.5 Å². The molecule has 3 N–H and O–H groups in total. The molecule has 4 nitrogen and oxygen atoms in total. The van der Waals surface area contributed by atoms with Gasteiger partial charge in [0.2, 0.25) is 6.79 Å². The number of hydrogen-bond donors (Lipinski definition) is 2. The number of hydrogen-bond acceptors (Lipinski definition) is 4. The lowest BCUT2D eigenvalue weighted by molar-refractivity contribution is 0.174. The van der Waals surface area contributed by atoms with Gasteiger partial charge in [-0.05, 0) is 55.6 Å². The average Bonchev–Trinajstić information content (AvgIpc) is 2.81. The van der Waals surface area contributed by atoms with Crippen molar-refractivity contribution in [3.8, 4) is 11.5 Å². The molecule has 2 rings (SSSR count). The monoisotopic (exact) mass is 264 g/mol. The van der Waals surface area contributed by atoms with Crippen molar-refractivity contribution in [2.24, 2.45) is 17.6 Å². The van der Waals surface area contributed by atoms with Gasteiger partial charge in [0.1, 0.15) is 0 Å². The lowest BCUT2D eigenvalue weighted by Crippen LogP contribution is -2.34. The normalized spacial score (nSPS) is 16.7. The van der Waals surface area contributed by atoms with Crippen LogP contribution >= 0.6 is 0 Å². The van der Waals surface area contributed by atoms with Gasteiger partial charge in [0.25, 0.3) is 0 Å². The van der Waals surface area contributed by atoms with Gasteiger partial charge in [-0.2, -0.15) is 0 Å². The van der Waals surface area contributed by atoms with E-state index < -0.39 is 0 Å². The summed E-state index contributed by atoms with van der Waals surface area (Å²) in [5.41, 5.74) is 8.41. The van der Waals surface area contributed by atoms with Gasteiger partial charge in [-0.25, -0.2) is 0 Å². The summed E-state index contributed by atoms with van der Waals surface area (Å²) in [6, 6.07) is 4.37. The molecule has 0 saturated carbocycles. The summed E-state index contributed by atoms with van der Waals surface area (Å²) in [4.78, 5) is 0. The highest BCUT2D eigenvalue weighted by Crippen LogP contribution is 2.39. The van der Waals surface area contributed by atoms with Crippen LogP contribution in [-0.2, 0) is 0 Å². The third kappa shape index (κ3) is 2.69. The number of nitrogens with one attached hydrogen (secondary N) is 1. The molecule has 0 aliphatic carbocycles. The van der Waals surface area contributed by atoms with Crippen molar-refractivity contribution in [1.29, 1.82) is 0 Å². The molecule has 1 heterocycles. The maximum atomic E-state index is 5.95. The lowest BCUT2D eigenvalue weighted by Gasteiger charge is -2.30. The van der Waals surface area contributed by atoms with Crippen LogP contribution in [0.15, 0.2) is 12.1 Å². The summed E-state index contributed by atoms with van der Waals surface area (Å²) in [6.07, 6.45) is 0. The smallest absolute Gasteiger partial charge is 0.231 e. The van der Waals surface area contributed by atoms with Crippen LogP contribution in [-0.4, -0.2) is 20.4 Å². The Morgan fingerprint density at radius 2 is 1.89 bits per heavy atom. The van der Waals surface area contributed by atoms with Crippen molar-refractivity contribution in [3.63, 3.8) is 0 Å². The first-order chi connectivity index (χ1) is 9.08. The molecule has 4 heteroatoms. The van der Waals surface area contributed by atoms with E-state index in [0.29, 0.717) is 25.2 Å². The van der Waals surface area contributed by atoms with Crippen molar-refractivity contribution in [2.75, 3.05) is 20.4 Å². The predicted molar refractivity (Wildman–Crippen MR) is 76.5 cm³/mol. The van der Waals surface area contributed by atoms with E-state index in [2.05, 4.69) is 38.2 Å². The number of fused-ring (bicyclic) bond motifs is 1. The Bertz CT molecular complexity index is 446. The Morgan fingerprint density at radius 3 is 2.42 bits per heavy atom. The van der Waals surface area contributed by atoms with Gasteiger partial charge in [-0.3, -0.25) is 0 Å². The third-order valence-electron chi connectivity index (χ3n) is 3.96. The van der Waals surface area contributed by atoms with Crippen molar-refractivity contribution < 1.29 is 9.47 Å². The van der Waals surface area contributed by atoms with Crippen LogP contribution in [0.3, 0.4) is 0 Å². The molecule has 0 aromatic heterocycles. The average molecular weight is 264 g/mol. The standard InChI is InChI=1S/C15H24N2O2/c1-9(2)12(7-16)15(17-4)11-6-14-13(5-10(11)3)18-8-19-14/h5-6,9,12,15,17H,7-8,16H2,1-4H3. The topological polar surface area (TPSA) is 56.5 Å². The largest absolute Gasteiger partial charge is 0.454 e. The number of ether oxygens (including phenoxy) is 2. The molecular formula is C15H24N2O2. The van der Waals surface area contributed by atoms with E-state index in [0.717, 1.165) is 11.5 Å². The molecule has 0 spiro atoms. The summed E-state index contributed by atoms with van der Waals surface area (Å²) in [6.45, 7) is 7.51. The van der Waals surface area contributed by atoms with E-state index in [4.69, 9.17) is 15.2 Å². The minimum atomic E-state index is 0.236. The fraction of sp³-hybridized carbons (Fsp3) is 0.600. The minimum absolute atomic E-state index is 0.236. The minimum Gasteiger partial charge on any atom is -0.454 e. The van der Waals surface area contributed by atoms with Crippen LogP contribution < -0.4 is 20.5 Å². The molecular weight excluding hydrogens is 240 g/mol. The van der Waals surface area contributed by atoms with Gasteiger partial charge >= 0.3 is 0 Å². The zero-order chi connectivity index (χ0) is 14.0. The Morgan fingerprint density at radius 1 is 1.26 bits per heavy atom. The van der Waals surface area contributed by atoms with Gasteiger partial charge in [0, 0.05) is 6.04 Å². The van der Waals surface area contributed by atoms with Crippen molar-refractivity contribution >= 4 is 0 Å². The van der Waals surface area contributed by atoms with Crippen LogP contribution in [0.4, 0.5) is 0 Å². The van der Waals surface area contributed by atoms with Crippen molar-refractivity contribution in [1.82, 2.24) is 5.32 Å². The lowest BCUT2D eigenvalue weighted by atomic mass is 9.83. The number of benzene rings is 1. The second kappa shape index (κ2) is 5.80. The number of nitrogens with two attached hydrogens (primary N) is 1. The Balaban J connectivity index is 2.38. The van der Waals surface area contributed by atoms with Crippen LogP contribution in [0.25, 0.3) is 0 Å². The summed E-state index contributed by atoms with van der Waals surface area (Å²) in [7, 11) is 1.99. The Hall–Kier alpha value is -1.26. The van der Waals surface area contributed by atoms with Crippen LogP contribution in [0.5, 0.6) is 11.5 Å². The molecule has 1 aromatic carbocycles. The van der Waals surface area contributed by atoms with Gasteiger partial charge in [-0.1, -0.05) is 13.8 Å². The molecule has 1 aromatic rings. The van der Waals surface area contributed by atoms with Crippen LogP contribution in [0.2, 0.25) is 0 Å². The summed E-state index contributed by atoms with van der Waals surface area (Å²) in [5, 5.41) is 3.41. The molecule has 106 valence electrons. The molecule has 19 heavy (non-hydrogen) atoms. The number of rotatable bonds is 5. The third-order valence-corrected chi connectivity index (χ3v) is 3.96. The van der Waals surface area contributed by atoms with Crippen molar-refractivity contribution in [3.05, 3.63) is 23.3 Å². The van der Waals surface area contributed by atoms with E-state index in [-0.39, 0.29) is 6.04 Å². The second-order valence-corrected chi connectivity index (χ2v) is 5.47. The SMILES string of the molecule is CNC(c1cc2c(cc1C)OCO2)C(CN)C(C)C. The molecule has 1 aliphatic rings. The zero-order valence-electron chi connectivity index (χ0n) is 12.2. The summed E-state index contributed by atoms with van der Waals surface area (Å²) < 4.78 is 10.9. The quantitative estimate of drug-likeness (QED) is 0.856. The molecule has 2 atom stereocenters. The van der Waals surface area contributed by atoms with E-state index >= 15 is 0 Å². The molecule has 0 radical (unpaired) electrons. The Kier molecular flexibility index (Phi) is 4.32. The maximum Gasteiger partial charge on any atom is 0.231 e. The van der Waals surface area contributed by atoms with Gasteiger partial charge in [0.05, 0.1) is 0 Å². The number of aryl methyl sites for hydroxylation is 1. The highest BCUT2D eigenvalue weighted by Gasteiger charge is 2.27. The fourth-order valence-corrected chi connectivity index (χ4v) is 2.79. The predicted octanol–water partition coefficient (Wildman–Crippen LogP) is 2.22. The zero-order valence-corrected chi connectivity index (χ0v) is 12.2. The molecule has 1 aliphatic heterocycles. The highest BCUT2D eigenvalue weighted by molar-refractivity contribution is 5.49. The fourth-order valence-electron chi connectivity index (χ4n) is 2.79. The van der Waals surface area contributed by atoms with Crippen molar-refractivity contribution in [2.45, 2.75) is 26.8 Å². The first-order valence-corrected chi connectivity index (χ1v) is 6.86. The summed E-state index contributed by atoms with van der Waals surface area (Å²) >= 11 is 0. The van der Waals surface area contributed by atoms with Gasteiger partial charge in [-0.15, -0.1) is 0 Å². The van der Waals surface area contributed by atoms with E-state index in [1.165, 1.54) is 11.1 Å². The second-order valence-electron chi connectivity index (χ2n) is 5.47. The molecule has 2 unspecified atom stereocenters.